The van der Waals surface area contributed by atoms with Crippen LogP contribution in [0, 0.1) is 28.6 Å². The van der Waals surface area contributed by atoms with Gasteiger partial charge in [0.1, 0.15) is 5.78 Å². The van der Waals surface area contributed by atoms with Crippen molar-refractivity contribution in [2.45, 2.75) is 47.5 Å². The van der Waals surface area contributed by atoms with Crippen LogP contribution in [0.1, 0.15) is 45.7 Å². The van der Waals surface area contributed by atoms with Gasteiger partial charge in [-0.15, -0.1) is 0 Å². The number of nitrogens with zero attached hydrogens (tertiary/aromatic N) is 1. The zero-order valence-electron chi connectivity index (χ0n) is 13.2. The standard InChI is InChI=1S/C18H25NO/c1-13(2)18(5,14(3)4)17(20)12-16-8-6-15(7-9-16)10-11-19/h6-9,13-14H,10,12H2,1-5H3. The number of nitriles is 1. The SMILES string of the molecule is CC(C)C(C)(C(=O)Cc1ccc(CC#N)cc1)C(C)C. The average molecular weight is 271 g/mol. The van der Waals surface area contributed by atoms with Crippen molar-refractivity contribution < 1.29 is 4.79 Å². The molecule has 0 saturated carbocycles. The minimum atomic E-state index is -0.286. The molecule has 0 saturated heterocycles. The fourth-order valence-electron chi connectivity index (χ4n) is 2.55. The molecule has 108 valence electrons. The minimum Gasteiger partial charge on any atom is -0.299 e. The topological polar surface area (TPSA) is 40.9 Å². The molecule has 0 aromatic heterocycles. The fraction of sp³-hybridized carbons (Fsp3) is 0.556. The van der Waals surface area contributed by atoms with E-state index in [-0.39, 0.29) is 5.41 Å². The van der Waals surface area contributed by atoms with Crippen molar-refractivity contribution >= 4 is 5.78 Å². The van der Waals surface area contributed by atoms with Crippen LogP contribution in [0.15, 0.2) is 24.3 Å². The number of ketones is 1. The van der Waals surface area contributed by atoms with E-state index in [2.05, 4.69) is 40.7 Å². The molecule has 0 aliphatic heterocycles. The molecule has 0 bridgehead atoms. The van der Waals surface area contributed by atoms with Crippen molar-refractivity contribution in [2.24, 2.45) is 17.3 Å². The molecule has 1 rings (SSSR count). The Labute approximate surface area is 122 Å². The summed E-state index contributed by atoms with van der Waals surface area (Å²) in [7, 11) is 0. The summed E-state index contributed by atoms with van der Waals surface area (Å²) in [5.41, 5.74) is 1.74. The number of rotatable bonds is 6. The largest absolute Gasteiger partial charge is 0.299 e. The Hall–Kier alpha value is -1.62. The van der Waals surface area contributed by atoms with Crippen LogP contribution in [0.5, 0.6) is 0 Å². The van der Waals surface area contributed by atoms with Crippen LogP contribution in [0.4, 0.5) is 0 Å². The number of Topliss-reactive ketones (excluding diaryl/α,β-unsaturated/α-hetero) is 1. The lowest BCUT2D eigenvalue weighted by Crippen LogP contribution is -2.39. The normalized spacial score (nSPS) is 11.7. The molecular formula is C18H25NO. The second kappa shape index (κ2) is 6.70. The van der Waals surface area contributed by atoms with Crippen LogP contribution in [0.3, 0.4) is 0 Å². The van der Waals surface area contributed by atoms with Gasteiger partial charge >= 0.3 is 0 Å². The van der Waals surface area contributed by atoms with Gasteiger partial charge in [0.05, 0.1) is 12.5 Å². The Kier molecular flexibility index (Phi) is 5.51. The molecule has 0 spiro atoms. The summed E-state index contributed by atoms with van der Waals surface area (Å²) < 4.78 is 0. The molecule has 0 N–H and O–H groups in total. The summed E-state index contributed by atoms with van der Waals surface area (Å²) in [6.45, 7) is 10.6. The van der Waals surface area contributed by atoms with Gasteiger partial charge in [0, 0.05) is 11.8 Å². The first-order valence-electron chi connectivity index (χ1n) is 7.30. The first-order chi connectivity index (χ1) is 9.32. The van der Waals surface area contributed by atoms with Gasteiger partial charge in [-0.3, -0.25) is 4.79 Å². The molecule has 0 amide bonds. The zero-order chi connectivity index (χ0) is 15.3. The Morgan fingerprint density at radius 1 is 1.10 bits per heavy atom. The quantitative estimate of drug-likeness (QED) is 0.778. The van der Waals surface area contributed by atoms with Crippen LogP contribution < -0.4 is 0 Å². The van der Waals surface area contributed by atoms with E-state index in [9.17, 15) is 4.79 Å². The van der Waals surface area contributed by atoms with E-state index in [4.69, 9.17) is 5.26 Å². The molecule has 0 fully saturated rings. The molecular weight excluding hydrogens is 246 g/mol. The van der Waals surface area contributed by atoms with E-state index in [1.807, 2.05) is 24.3 Å². The van der Waals surface area contributed by atoms with E-state index in [1.165, 1.54) is 0 Å². The third-order valence-electron chi connectivity index (χ3n) is 4.67. The molecule has 1 aromatic carbocycles. The third-order valence-corrected chi connectivity index (χ3v) is 4.67. The van der Waals surface area contributed by atoms with Crippen molar-refractivity contribution in [2.75, 3.05) is 0 Å². The minimum absolute atomic E-state index is 0.286. The summed E-state index contributed by atoms with van der Waals surface area (Å²) in [6.07, 6.45) is 0.892. The lowest BCUT2D eigenvalue weighted by molar-refractivity contribution is -0.132. The molecule has 0 heterocycles. The second-order valence-electron chi connectivity index (χ2n) is 6.34. The van der Waals surface area contributed by atoms with Crippen molar-refractivity contribution in [3.63, 3.8) is 0 Å². The number of carbonyl (C=O) groups excluding carboxylic acids is 1. The van der Waals surface area contributed by atoms with Crippen LogP contribution in [0.2, 0.25) is 0 Å². The van der Waals surface area contributed by atoms with E-state index in [0.717, 1.165) is 11.1 Å². The first kappa shape index (κ1) is 16.4. The maximum absolute atomic E-state index is 12.7. The number of hydrogen-bond acceptors (Lipinski definition) is 2. The maximum atomic E-state index is 12.7. The smallest absolute Gasteiger partial charge is 0.143 e. The Morgan fingerprint density at radius 2 is 1.55 bits per heavy atom. The number of hydrogen-bond donors (Lipinski definition) is 0. The third kappa shape index (κ3) is 3.48. The Bertz CT molecular complexity index is 483. The highest BCUT2D eigenvalue weighted by Crippen LogP contribution is 2.37. The van der Waals surface area contributed by atoms with Crippen molar-refractivity contribution in [3.05, 3.63) is 35.4 Å². The lowest BCUT2D eigenvalue weighted by atomic mass is 9.66. The summed E-state index contributed by atoms with van der Waals surface area (Å²) in [5, 5.41) is 8.66. The monoisotopic (exact) mass is 271 g/mol. The van der Waals surface area contributed by atoms with E-state index >= 15 is 0 Å². The number of carbonyl (C=O) groups is 1. The van der Waals surface area contributed by atoms with Crippen LogP contribution >= 0.6 is 0 Å². The molecule has 1 aromatic rings. The molecule has 0 radical (unpaired) electrons. The van der Waals surface area contributed by atoms with Crippen molar-refractivity contribution in [1.82, 2.24) is 0 Å². The molecule has 2 heteroatoms. The highest BCUT2D eigenvalue weighted by Gasteiger charge is 2.38. The molecule has 0 aliphatic rings. The van der Waals surface area contributed by atoms with Gasteiger partial charge in [-0.05, 0) is 23.0 Å². The van der Waals surface area contributed by atoms with Gasteiger partial charge < -0.3 is 0 Å². The fourth-order valence-corrected chi connectivity index (χ4v) is 2.55. The predicted octanol–water partition coefficient (Wildman–Crippen LogP) is 4.18. The van der Waals surface area contributed by atoms with Gasteiger partial charge in [-0.1, -0.05) is 58.9 Å². The highest BCUT2D eigenvalue weighted by molar-refractivity contribution is 5.87. The van der Waals surface area contributed by atoms with E-state index < -0.39 is 0 Å². The van der Waals surface area contributed by atoms with Gasteiger partial charge in [0.25, 0.3) is 0 Å². The summed E-state index contributed by atoms with van der Waals surface area (Å²) >= 11 is 0. The first-order valence-corrected chi connectivity index (χ1v) is 7.30. The molecule has 0 unspecified atom stereocenters. The Balaban J connectivity index is 2.87. The van der Waals surface area contributed by atoms with Crippen LogP contribution in [-0.2, 0) is 17.6 Å². The van der Waals surface area contributed by atoms with Crippen LogP contribution in [0.25, 0.3) is 0 Å². The molecule has 0 aliphatic carbocycles. The second-order valence-corrected chi connectivity index (χ2v) is 6.34. The predicted molar refractivity (Wildman–Crippen MR) is 82.3 cm³/mol. The van der Waals surface area contributed by atoms with E-state index in [0.29, 0.717) is 30.5 Å². The summed E-state index contributed by atoms with van der Waals surface area (Å²) in [5.74, 6) is 0.955. The maximum Gasteiger partial charge on any atom is 0.143 e. The molecule has 20 heavy (non-hydrogen) atoms. The van der Waals surface area contributed by atoms with Gasteiger partial charge in [0.2, 0.25) is 0 Å². The van der Waals surface area contributed by atoms with Gasteiger partial charge in [-0.2, -0.15) is 5.26 Å². The zero-order valence-corrected chi connectivity index (χ0v) is 13.2. The van der Waals surface area contributed by atoms with E-state index in [1.54, 1.807) is 0 Å². The molecule has 0 atom stereocenters. The summed E-state index contributed by atoms with van der Waals surface area (Å²) in [6, 6.07) is 9.94. The highest BCUT2D eigenvalue weighted by atomic mass is 16.1. The van der Waals surface area contributed by atoms with Crippen molar-refractivity contribution in [1.29, 1.82) is 5.26 Å². The molecule has 2 nitrogen and oxygen atoms in total. The Morgan fingerprint density at radius 3 is 1.95 bits per heavy atom. The van der Waals surface area contributed by atoms with Crippen LogP contribution in [-0.4, -0.2) is 5.78 Å². The average Bonchev–Trinajstić information content (AvgIpc) is 2.39. The summed E-state index contributed by atoms with van der Waals surface area (Å²) in [4.78, 5) is 12.7. The lowest BCUT2D eigenvalue weighted by Gasteiger charge is -2.36. The van der Waals surface area contributed by atoms with Gasteiger partial charge in [0.15, 0.2) is 0 Å². The van der Waals surface area contributed by atoms with Gasteiger partial charge in [-0.25, -0.2) is 0 Å². The van der Waals surface area contributed by atoms with Crippen molar-refractivity contribution in [3.8, 4) is 6.07 Å². The number of benzene rings is 1.